The minimum atomic E-state index is -0.353. The van der Waals surface area contributed by atoms with Gasteiger partial charge in [0.25, 0.3) is 0 Å². The first kappa shape index (κ1) is 20.3. The maximum Gasteiger partial charge on any atom is 0.244 e. The summed E-state index contributed by atoms with van der Waals surface area (Å²) in [7, 11) is 0. The van der Waals surface area contributed by atoms with Gasteiger partial charge in [-0.3, -0.25) is 4.79 Å². The first-order chi connectivity index (χ1) is 13.0. The molecule has 27 heavy (non-hydrogen) atoms. The van der Waals surface area contributed by atoms with Gasteiger partial charge in [0.2, 0.25) is 5.91 Å². The van der Waals surface area contributed by atoms with E-state index in [9.17, 15) is 9.18 Å². The highest BCUT2D eigenvalue weighted by Crippen LogP contribution is 2.36. The van der Waals surface area contributed by atoms with Gasteiger partial charge in [-0.15, -0.1) is 6.42 Å². The number of rotatable bonds is 8. The van der Waals surface area contributed by atoms with Crippen molar-refractivity contribution in [1.82, 2.24) is 5.43 Å². The molecule has 2 rings (SSSR count). The standard InChI is InChI=1S/C20H18ClFN2O3/c1-3-9-27-20-17(21)10-15(11-18(20)26-4-2)13-23-24-19(25)12-14-5-7-16(22)8-6-14/h1,5-8,10-11,13H,4,9,12H2,2H3,(H,24,25)/b23-13+. The Morgan fingerprint density at radius 3 is 2.74 bits per heavy atom. The molecule has 140 valence electrons. The summed E-state index contributed by atoms with van der Waals surface area (Å²) >= 11 is 6.21. The number of carbonyl (C=O) groups excluding carboxylic acids is 1. The number of terminal acetylenes is 1. The van der Waals surface area contributed by atoms with Gasteiger partial charge in [0.15, 0.2) is 11.5 Å². The number of halogens is 2. The Morgan fingerprint density at radius 1 is 1.33 bits per heavy atom. The second-order valence-corrected chi connectivity index (χ2v) is 5.76. The minimum Gasteiger partial charge on any atom is -0.490 e. The van der Waals surface area contributed by atoms with E-state index in [-0.39, 0.29) is 24.8 Å². The summed E-state index contributed by atoms with van der Waals surface area (Å²) in [4.78, 5) is 11.9. The fraction of sp³-hybridized carbons (Fsp3) is 0.200. The highest BCUT2D eigenvalue weighted by molar-refractivity contribution is 6.32. The van der Waals surface area contributed by atoms with Gasteiger partial charge in [-0.1, -0.05) is 29.7 Å². The van der Waals surface area contributed by atoms with Crippen LogP contribution in [0.2, 0.25) is 5.02 Å². The quantitative estimate of drug-likeness (QED) is 0.427. The van der Waals surface area contributed by atoms with Crippen molar-refractivity contribution < 1.29 is 18.7 Å². The van der Waals surface area contributed by atoms with E-state index in [4.69, 9.17) is 27.5 Å². The van der Waals surface area contributed by atoms with Gasteiger partial charge in [0.05, 0.1) is 24.3 Å². The topological polar surface area (TPSA) is 59.9 Å². The molecule has 0 radical (unpaired) electrons. The molecule has 0 atom stereocenters. The molecule has 1 amide bonds. The molecule has 2 aromatic carbocycles. The summed E-state index contributed by atoms with van der Waals surface area (Å²) in [5.41, 5.74) is 3.70. The van der Waals surface area contributed by atoms with Crippen molar-refractivity contribution in [2.45, 2.75) is 13.3 Å². The summed E-state index contributed by atoms with van der Waals surface area (Å²) < 4.78 is 23.8. The van der Waals surface area contributed by atoms with Gasteiger partial charge < -0.3 is 9.47 Å². The molecule has 0 saturated carbocycles. The molecule has 7 heteroatoms. The summed E-state index contributed by atoms with van der Waals surface area (Å²) in [6.45, 7) is 2.31. The molecule has 0 aliphatic heterocycles. The summed E-state index contributed by atoms with van der Waals surface area (Å²) in [6, 6.07) is 8.98. The second kappa shape index (κ2) is 10.2. The van der Waals surface area contributed by atoms with Gasteiger partial charge in [0.1, 0.15) is 12.4 Å². The van der Waals surface area contributed by atoms with Crippen molar-refractivity contribution in [3.05, 3.63) is 58.4 Å². The van der Waals surface area contributed by atoms with E-state index in [0.717, 1.165) is 0 Å². The molecule has 0 bridgehead atoms. The van der Waals surface area contributed by atoms with E-state index in [0.29, 0.717) is 34.3 Å². The van der Waals surface area contributed by atoms with Crippen molar-refractivity contribution in [2.75, 3.05) is 13.2 Å². The lowest BCUT2D eigenvalue weighted by Gasteiger charge is -2.12. The van der Waals surface area contributed by atoms with E-state index in [1.807, 2.05) is 6.92 Å². The Labute approximate surface area is 162 Å². The smallest absolute Gasteiger partial charge is 0.244 e. The van der Waals surface area contributed by atoms with Crippen LogP contribution in [0.1, 0.15) is 18.1 Å². The third-order valence-electron chi connectivity index (χ3n) is 3.31. The molecule has 0 unspecified atom stereocenters. The molecular weight excluding hydrogens is 371 g/mol. The number of nitrogens with one attached hydrogen (secondary N) is 1. The van der Waals surface area contributed by atoms with Gasteiger partial charge in [-0.2, -0.15) is 5.10 Å². The average molecular weight is 389 g/mol. The third-order valence-corrected chi connectivity index (χ3v) is 3.59. The van der Waals surface area contributed by atoms with Gasteiger partial charge in [-0.25, -0.2) is 9.82 Å². The lowest BCUT2D eigenvalue weighted by molar-refractivity contribution is -0.120. The highest BCUT2D eigenvalue weighted by Gasteiger charge is 2.12. The van der Waals surface area contributed by atoms with Crippen molar-refractivity contribution in [3.63, 3.8) is 0 Å². The van der Waals surface area contributed by atoms with E-state index in [1.54, 1.807) is 24.3 Å². The van der Waals surface area contributed by atoms with Crippen LogP contribution in [0.5, 0.6) is 11.5 Å². The average Bonchev–Trinajstić information content (AvgIpc) is 2.63. The predicted octanol–water partition coefficient (Wildman–Crippen LogP) is 3.58. The Hall–Kier alpha value is -3.04. The van der Waals surface area contributed by atoms with Gasteiger partial charge in [0, 0.05) is 0 Å². The molecule has 0 aliphatic carbocycles. The SMILES string of the molecule is C#CCOc1c(Cl)cc(/C=N/NC(=O)Cc2ccc(F)cc2)cc1OCC. The Balaban J connectivity index is 2.03. The predicted molar refractivity (Wildman–Crippen MR) is 103 cm³/mol. The van der Waals surface area contributed by atoms with Crippen molar-refractivity contribution >= 4 is 23.7 Å². The normalized spacial score (nSPS) is 10.4. The van der Waals surface area contributed by atoms with Gasteiger partial charge >= 0.3 is 0 Å². The number of amides is 1. The van der Waals surface area contributed by atoms with Crippen LogP contribution in [0.15, 0.2) is 41.5 Å². The third kappa shape index (κ3) is 6.32. The van der Waals surface area contributed by atoms with Crippen LogP contribution in [-0.2, 0) is 11.2 Å². The lowest BCUT2D eigenvalue weighted by Crippen LogP contribution is -2.19. The molecule has 0 fully saturated rings. The fourth-order valence-corrected chi connectivity index (χ4v) is 2.46. The number of benzene rings is 2. The van der Waals surface area contributed by atoms with E-state index in [1.165, 1.54) is 18.3 Å². The number of ether oxygens (including phenoxy) is 2. The van der Waals surface area contributed by atoms with Crippen LogP contribution >= 0.6 is 11.6 Å². The van der Waals surface area contributed by atoms with E-state index in [2.05, 4.69) is 16.4 Å². The van der Waals surface area contributed by atoms with Crippen molar-refractivity contribution in [2.24, 2.45) is 5.10 Å². The number of nitrogens with zero attached hydrogens (tertiary/aromatic N) is 1. The molecule has 5 nitrogen and oxygen atoms in total. The van der Waals surface area contributed by atoms with Crippen LogP contribution in [0, 0.1) is 18.2 Å². The molecule has 0 aliphatic rings. The molecule has 0 spiro atoms. The monoisotopic (exact) mass is 388 g/mol. The van der Waals surface area contributed by atoms with Crippen LogP contribution in [0.3, 0.4) is 0 Å². The molecular formula is C20H18ClFN2O3. The molecule has 1 N–H and O–H groups in total. The fourth-order valence-electron chi connectivity index (χ4n) is 2.19. The Morgan fingerprint density at radius 2 is 2.07 bits per heavy atom. The minimum absolute atomic E-state index is 0.0622. The number of carbonyl (C=O) groups is 1. The summed E-state index contributed by atoms with van der Waals surface area (Å²) in [6.07, 6.45) is 6.72. The first-order valence-corrected chi connectivity index (χ1v) is 8.50. The lowest BCUT2D eigenvalue weighted by atomic mass is 10.1. The summed E-state index contributed by atoms with van der Waals surface area (Å²) in [5.74, 6) is 2.47. The summed E-state index contributed by atoms with van der Waals surface area (Å²) in [5, 5.41) is 4.22. The molecule has 0 saturated heterocycles. The number of hydrogen-bond donors (Lipinski definition) is 1. The number of hydrazone groups is 1. The largest absolute Gasteiger partial charge is 0.490 e. The highest BCUT2D eigenvalue weighted by atomic mass is 35.5. The molecule has 0 heterocycles. The van der Waals surface area contributed by atoms with Crippen molar-refractivity contribution in [1.29, 1.82) is 0 Å². The Kier molecular flexibility index (Phi) is 7.65. The van der Waals surface area contributed by atoms with Crippen LogP contribution in [0.4, 0.5) is 4.39 Å². The van der Waals surface area contributed by atoms with Crippen LogP contribution in [-0.4, -0.2) is 25.3 Å². The maximum atomic E-state index is 12.9. The van der Waals surface area contributed by atoms with Crippen LogP contribution < -0.4 is 14.9 Å². The maximum absolute atomic E-state index is 12.9. The zero-order valence-corrected chi connectivity index (χ0v) is 15.4. The first-order valence-electron chi connectivity index (χ1n) is 8.12. The Bertz CT molecular complexity index is 861. The van der Waals surface area contributed by atoms with Crippen molar-refractivity contribution in [3.8, 4) is 23.8 Å². The zero-order chi connectivity index (χ0) is 19.6. The van der Waals surface area contributed by atoms with Gasteiger partial charge in [-0.05, 0) is 42.3 Å². The van der Waals surface area contributed by atoms with E-state index < -0.39 is 0 Å². The second-order valence-electron chi connectivity index (χ2n) is 5.35. The number of hydrogen-bond acceptors (Lipinski definition) is 4. The zero-order valence-electron chi connectivity index (χ0n) is 14.7. The van der Waals surface area contributed by atoms with Crippen LogP contribution in [0.25, 0.3) is 0 Å². The van der Waals surface area contributed by atoms with E-state index >= 15 is 0 Å². The molecule has 0 aromatic heterocycles. The molecule has 2 aromatic rings.